The summed E-state index contributed by atoms with van der Waals surface area (Å²) in [5.41, 5.74) is 2.08. The van der Waals surface area contributed by atoms with Gasteiger partial charge < -0.3 is 4.90 Å². The SMILES string of the molecule is O=C=Nc1ccc2c(c1)CCN(C(=O)C(F)(F)F)CC2. The molecule has 0 N–H and O–H groups in total. The van der Waals surface area contributed by atoms with E-state index in [1.807, 2.05) is 0 Å². The number of isocyanates is 1. The predicted octanol–water partition coefficient (Wildman–Crippen LogP) is 2.14. The number of nitrogens with zero attached hydrogens (tertiary/aromatic N) is 2. The van der Waals surface area contributed by atoms with Gasteiger partial charge in [-0.2, -0.15) is 18.2 Å². The Morgan fingerprint density at radius 3 is 2.45 bits per heavy atom. The Morgan fingerprint density at radius 1 is 1.20 bits per heavy atom. The van der Waals surface area contributed by atoms with Crippen molar-refractivity contribution in [3.8, 4) is 0 Å². The maximum Gasteiger partial charge on any atom is 0.471 e. The minimum atomic E-state index is -4.84. The van der Waals surface area contributed by atoms with E-state index in [4.69, 9.17) is 0 Å². The number of halogens is 3. The molecule has 0 spiro atoms. The number of fused-ring (bicyclic) bond motifs is 1. The van der Waals surface area contributed by atoms with Crippen LogP contribution >= 0.6 is 0 Å². The van der Waals surface area contributed by atoms with Crippen LogP contribution in [0.2, 0.25) is 0 Å². The van der Waals surface area contributed by atoms with Gasteiger partial charge in [-0.1, -0.05) is 6.07 Å². The van der Waals surface area contributed by atoms with Gasteiger partial charge in [0.1, 0.15) is 0 Å². The van der Waals surface area contributed by atoms with Gasteiger partial charge in [0.2, 0.25) is 6.08 Å². The lowest BCUT2D eigenvalue weighted by molar-refractivity contribution is -0.185. The first-order chi connectivity index (χ1) is 9.41. The van der Waals surface area contributed by atoms with Crippen LogP contribution in [0.3, 0.4) is 0 Å². The first-order valence-corrected chi connectivity index (χ1v) is 5.97. The minimum Gasteiger partial charge on any atom is -0.334 e. The number of carbonyl (C=O) groups is 1. The van der Waals surface area contributed by atoms with E-state index in [1.165, 1.54) is 6.08 Å². The zero-order valence-corrected chi connectivity index (χ0v) is 10.4. The Labute approximate surface area is 112 Å². The third-order valence-corrected chi connectivity index (χ3v) is 3.20. The van der Waals surface area contributed by atoms with Crippen molar-refractivity contribution >= 4 is 17.7 Å². The first-order valence-electron chi connectivity index (χ1n) is 5.97. The zero-order valence-electron chi connectivity index (χ0n) is 10.4. The smallest absolute Gasteiger partial charge is 0.334 e. The Bertz CT molecular complexity index is 577. The van der Waals surface area contributed by atoms with E-state index in [-0.39, 0.29) is 13.1 Å². The number of hydrogen-bond acceptors (Lipinski definition) is 3. The molecule has 0 fully saturated rings. The molecule has 0 unspecified atom stereocenters. The lowest BCUT2D eigenvalue weighted by Gasteiger charge is -2.21. The Morgan fingerprint density at radius 2 is 1.85 bits per heavy atom. The fourth-order valence-electron chi connectivity index (χ4n) is 2.22. The summed E-state index contributed by atoms with van der Waals surface area (Å²) in [6.07, 6.45) is -2.77. The molecule has 0 aliphatic carbocycles. The third kappa shape index (κ3) is 3.05. The Kier molecular flexibility index (Phi) is 3.90. The van der Waals surface area contributed by atoms with Crippen LogP contribution in [0.4, 0.5) is 18.9 Å². The van der Waals surface area contributed by atoms with Crippen LogP contribution in [-0.2, 0) is 22.4 Å². The molecule has 0 radical (unpaired) electrons. The molecule has 0 atom stereocenters. The van der Waals surface area contributed by atoms with Gasteiger partial charge in [0, 0.05) is 13.1 Å². The van der Waals surface area contributed by atoms with Crippen molar-refractivity contribution in [2.24, 2.45) is 4.99 Å². The predicted molar refractivity (Wildman–Crippen MR) is 64.3 cm³/mol. The zero-order chi connectivity index (χ0) is 14.8. The number of benzene rings is 1. The normalized spacial score (nSPS) is 15.1. The lowest BCUT2D eigenvalue weighted by Crippen LogP contribution is -2.42. The van der Waals surface area contributed by atoms with Crippen LogP contribution in [0, 0.1) is 0 Å². The number of rotatable bonds is 1. The summed E-state index contributed by atoms with van der Waals surface area (Å²) in [5, 5.41) is 0. The van der Waals surface area contributed by atoms with E-state index in [1.54, 1.807) is 18.2 Å². The van der Waals surface area contributed by atoms with Gasteiger partial charge in [-0.25, -0.2) is 4.79 Å². The van der Waals surface area contributed by atoms with Crippen LogP contribution < -0.4 is 0 Å². The molecule has 106 valence electrons. The highest BCUT2D eigenvalue weighted by molar-refractivity contribution is 5.82. The van der Waals surface area contributed by atoms with E-state index in [0.29, 0.717) is 18.5 Å². The molecule has 1 aromatic rings. The maximum absolute atomic E-state index is 12.4. The van der Waals surface area contributed by atoms with Gasteiger partial charge in [-0.3, -0.25) is 4.79 Å². The number of aliphatic imine (C=N–C) groups is 1. The molecule has 20 heavy (non-hydrogen) atoms. The van der Waals surface area contributed by atoms with E-state index in [0.717, 1.165) is 16.0 Å². The summed E-state index contributed by atoms with van der Waals surface area (Å²) in [5.74, 6) is -1.81. The van der Waals surface area contributed by atoms with E-state index < -0.39 is 12.1 Å². The van der Waals surface area contributed by atoms with Crippen molar-refractivity contribution in [3.63, 3.8) is 0 Å². The molecule has 7 heteroatoms. The van der Waals surface area contributed by atoms with E-state index >= 15 is 0 Å². The van der Waals surface area contributed by atoms with Crippen LogP contribution in [0.1, 0.15) is 11.1 Å². The van der Waals surface area contributed by atoms with Crippen LogP contribution in [-0.4, -0.2) is 36.2 Å². The third-order valence-electron chi connectivity index (χ3n) is 3.20. The Hall–Kier alpha value is -2.14. The molecule has 0 saturated carbocycles. The second kappa shape index (κ2) is 5.46. The topological polar surface area (TPSA) is 49.7 Å². The van der Waals surface area contributed by atoms with Crippen molar-refractivity contribution < 1.29 is 22.8 Å². The maximum atomic E-state index is 12.4. The highest BCUT2D eigenvalue weighted by Crippen LogP contribution is 2.24. The summed E-state index contributed by atoms with van der Waals surface area (Å²) in [6, 6.07) is 4.96. The van der Waals surface area contributed by atoms with Crippen molar-refractivity contribution in [1.82, 2.24) is 4.90 Å². The fourth-order valence-corrected chi connectivity index (χ4v) is 2.22. The lowest BCUT2D eigenvalue weighted by atomic mass is 10.0. The molecule has 2 rings (SSSR count). The molecule has 1 amide bonds. The van der Waals surface area contributed by atoms with Gasteiger partial charge in [-0.15, -0.1) is 0 Å². The van der Waals surface area contributed by atoms with Gasteiger partial charge in [0.15, 0.2) is 0 Å². The average Bonchev–Trinajstić information content (AvgIpc) is 2.59. The van der Waals surface area contributed by atoms with Gasteiger partial charge in [0.05, 0.1) is 5.69 Å². The van der Waals surface area contributed by atoms with Gasteiger partial charge in [-0.05, 0) is 36.1 Å². The molecule has 1 aromatic carbocycles. The monoisotopic (exact) mass is 284 g/mol. The van der Waals surface area contributed by atoms with Crippen molar-refractivity contribution in [3.05, 3.63) is 29.3 Å². The fraction of sp³-hybridized carbons (Fsp3) is 0.385. The quantitative estimate of drug-likeness (QED) is 0.586. The number of hydrogen-bond donors (Lipinski definition) is 0. The van der Waals surface area contributed by atoms with E-state index in [9.17, 15) is 22.8 Å². The molecular formula is C13H11F3N2O2. The second-order valence-corrected chi connectivity index (χ2v) is 4.45. The highest BCUT2D eigenvalue weighted by atomic mass is 19.4. The molecule has 0 bridgehead atoms. The summed E-state index contributed by atoms with van der Waals surface area (Å²) in [7, 11) is 0. The summed E-state index contributed by atoms with van der Waals surface area (Å²) < 4.78 is 37.2. The second-order valence-electron chi connectivity index (χ2n) is 4.45. The van der Waals surface area contributed by atoms with Crippen LogP contribution in [0.25, 0.3) is 0 Å². The molecule has 1 aliphatic rings. The summed E-state index contributed by atoms with van der Waals surface area (Å²) >= 11 is 0. The average molecular weight is 284 g/mol. The first kappa shape index (κ1) is 14.3. The van der Waals surface area contributed by atoms with E-state index in [2.05, 4.69) is 4.99 Å². The molecule has 4 nitrogen and oxygen atoms in total. The van der Waals surface area contributed by atoms with Crippen LogP contribution in [0.15, 0.2) is 23.2 Å². The molecule has 1 heterocycles. The van der Waals surface area contributed by atoms with Gasteiger partial charge >= 0.3 is 12.1 Å². The molecular weight excluding hydrogens is 273 g/mol. The summed E-state index contributed by atoms with van der Waals surface area (Å²) in [4.78, 5) is 25.7. The highest BCUT2D eigenvalue weighted by Gasteiger charge is 2.42. The summed E-state index contributed by atoms with van der Waals surface area (Å²) in [6.45, 7) is 0.0290. The van der Waals surface area contributed by atoms with Crippen LogP contribution in [0.5, 0.6) is 0 Å². The number of carbonyl (C=O) groups excluding carboxylic acids is 2. The van der Waals surface area contributed by atoms with Crippen molar-refractivity contribution in [2.75, 3.05) is 13.1 Å². The molecule has 0 saturated heterocycles. The van der Waals surface area contributed by atoms with Crippen molar-refractivity contribution in [1.29, 1.82) is 0 Å². The number of amides is 1. The minimum absolute atomic E-state index is 0.000397. The number of alkyl halides is 3. The Balaban J connectivity index is 2.18. The van der Waals surface area contributed by atoms with Gasteiger partial charge in [0.25, 0.3) is 0 Å². The molecule has 0 aromatic heterocycles. The largest absolute Gasteiger partial charge is 0.471 e. The molecule has 1 aliphatic heterocycles. The standard InChI is InChI=1S/C13H11F3N2O2/c14-13(15,16)12(20)18-5-3-9-1-2-11(17-8-19)7-10(9)4-6-18/h1-2,7H,3-6H2. The van der Waals surface area contributed by atoms with Crippen molar-refractivity contribution in [2.45, 2.75) is 19.0 Å².